The Hall–Kier alpha value is 0.220. The molecule has 0 spiro atoms. The van der Waals surface area contributed by atoms with Crippen LogP contribution in [0.3, 0.4) is 0 Å². The summed E-state index contributed by atoms with van der Waals surface area (Å²) in [5, 5.41) is 0. The zero-order chi connectivity index (χ0) is 27.9. The second-order valence-electron chi connectivity index (χ2n) is 11.6. The van der Waals surface area contributed by atoms with Crippen molar-refractivity contribution in [2.45, 2.75) is 188 Å². The minimum atomic E-state index is -3.67. The number of hydrogen-bond donors (Lipinski definition) is 0. The summed E-state index contributed by atoms with van der Waals surface area (Å²) < 4.78 is 29.0. The SMILES string of the molecule is CCCCCCCC[P+](CCCCCCCC)(CCCCCCCC)CCCCCCCC.FC(F)F. The van der Waals surface area contributed by atoms with E-state index in [1.165, 1.54) is 128 Å². The van der Waals surface area contributed by atoms with Crippen LogP contribution in [0.25, 0.3) is 0 Å². The van der Waals surface area contributed by atoms with Gasteiger partial charge in [0.25, 0.3) is 0 Å². The molecule has 0 heterocycles. The highest BCUT2D eigenvalue weighted by atomic mass is 31.2. The van der Waals surface area contributed by atoms with Crippen LogP contribution in [0, 0.1) is 0 Å². The van der Waals surface area contributed by atoms with Gasteiger partial charge in [-0.3, -0.25) is 0 Å². The van der Waals surface area contributed by atoms with Crippen LogP contribution in [0.15, 0.2) is 0 Å². The van der Waals surface area contributed by atoms with Crippen molar-refractivity contribution in [1.29, 1.82) is 0 Å². The second-order valence-corrected chi connectivity index (χ2v) is 16.0. The van der Waals surface area contributed by atoms with Crippen molar-refractivity contribution >= 4 is 7.26 Å². The first kappa shape index (κ1) is 39.4. The molecule has 0 bridgehead atoms. The standard InChI is InChI=1S/C32H68P.CHF3/c1-5-9-13-17-21-25-29-33(30-26-22-18-14-10-6-2,31-27-23-19-15-11-7-3)32-28-24-20-16-12-8-4;2-1(3)4/h5-32H2,1-4H3;1H/q+1;. The highest BCUT2D eigenvalue weighted by molar-refractivity contribution is 7.75. The Bertz CT molecular complexity index is 331. The van der Waals surface area contributed by atoms with Gasteiger partial charge in [0, 0.05) is 7.26 Å². The van der Waals surface area contributed by atoms with Gasteiger partial charge < -0.3 is 0 Å². The summed E-state index contributed by atoms with van der Waals surface area (Å²) in [6.45, 7) is 5.71. The fourth-order valence-electron chi connectivity index (χ4n) is 5.58. The molecule has 0 rings (SSSR count). The zero-order valence-corrected chi connectivity index (χ0v) is 26.9. The molecule has 0 aliphatic carbocycles. The third-order valence-electron chi connectivity index (χ3n) is 7.94. The Labute approximate surface area is 233 Å². The van der Waals surface area contributed by atoms with E-state index in [2.05, 4.69) is 27.7 Å². The Morgan fingerprint density at radius 3 is 0.676 bits per heavy atom. The first-order valence-electron chi connectivity index (χ1n) is 16.7. The van der Waals surface area contributed by atoms with E-state index in [1.807, 2.05) is 0 Å². The lowest BCUT2D eigenvalue weighted by atomic mass is 10.1. The maximum atomic E-state index is 9.67. The summed E-state index contributed by atoms with van der Waals surface area (Å²) in [4.78, 5) is 0. The van der Waals surface area contributed by atoms with Gasteiger partial charge in [-0.2, -0.15) is 13.2 Å². The Kier molecular flexibility index (Phi) is 34.5. The largest absolute Gasteiger partial charge is 0.379 e. The molecule has 4 heteroatoms. The highest BCUT2D eigenvalue weighted by Crippen LogP contribution is 2.61. The lowest BCUT2D eigenvalue weighted by Gasteiger charge is -2.28. The number of unbranched alkanes of at least 4 members (excludes halogenated alkanes) is 20. The van der Waals surface area contributed by atoms with Crippen LogP contribution in [0.2, 0.25) is 0 Å². The van der Waals surface area contributed by atoms with Crippen molar-refractivity contribution in [1.82, 2.24) is 0 Å². The molecule has 0 N–H and O–H groups in total. The van der Waals surface area contributed by atoms with Crippen molar-refractivity contribution in [3.63, 3.8) is 0 Å². The molecule has 0 radical (unpaired) electrons. The van der Waals surface area contributed by atoms with Gasteiger partial charge in [0.15, 0.2) is 0 Å². The van der Waals surface area contributed by atoms with Gasteiger partial charge in [-0.05, 0) is 51.4 Å². The maximum absolute atomic E-state index is 9.67. The molecule has 37 heavy (non-hydrogen) atoms. The molecule has 0 nitrogen and oxygen atoms in total. The van der Waals surface area contributed by atoms with Gasteiger partial charge in [-0.25, -0.2) is 0 Å². The molecule has 0 aliphatic heterocycles. The molecule has 0 fully saturated rings. The molecule has 0 aromatic rings. The number of rotatable bonds is 28. The predicted octanol–water partition coefficient (Wildman–Crippen LogP) is 13.6. The number of halogens is 3. The van der Waals surface area contributed by atoms with E-state index in [4.69, 9.17) is 0 Å². The smallest absolute Gasteiger partial charge is 0.174 e. The topological polar surface area (TPSA) is 0 Å². The Balaban J connectivity index is 0. The molecular formula is C33H69F3P+. The normalized spacial score (nSPS) is 11.7. The van der Waals surface area contributed by atoms with Crippen molar-refractivity contribution < 1.29 is 13.2 Å². The fourth-order valence-corrected chi connectivity index (χ4v) is 10.5. The van der Waals surface area contributed by atoms with Gasteiger partial charge in [0.05, 0.1) is 24.6 Å². The number of alkyl halides is 3. The molecule has 226 valence electrons. The van der Waals surface area contributed by atoms with E-state index < -0.39 is 13.9 Å². The van der Waals surface area contributed by atoms with E-state index in [-0.39, 0.29) is 0 Å². The van der Waals surface area contributed by atoms with Crippen molar-refractivity contribution in [3.8, 4) is 0 Å². The minimum Gasteiger partial charge on any atom is -0.174 e. The van der Waals surface area contributed by atoms with E-state index in [0.29, 0.717) is 0 Å². The first-order chi connectivity index (χ1) is 18.0. The first-order valence-corrected chi connectivity index (χ1v) is 19.3. The van der Waals surface area contributed by atoms with Gasteiger partial charge >= 0.3 is 6.68 Å². The van der Waals surface area contributed by atoms with Crippen LogP contribution < -0.4 is 0 Å². The Morgan fingerprint density at radius 1 is 0.324 bits per heavy atom. The molecule has 0 aromatic heterocycles. The third-order valence-corrected chi connectivity index (χ3v) is 13.0. The summed E-state index contributed by atoms with van der Waals surface area (Å²) in [6.07, 6.45) is 42.1. The van der Waals surface area contributed by atoms with E-state index in [1.54, 1.807) is 50.3 Å². The molecular weight excluding hydrogens is 484 g/mol. The molecule has 0 atom stereocenters. The summed E-state index contributed by atoms with van der Waals surface area (Å²) in [7, 11) is -0.718. The summed E-state index contributed by atoms with van der Waals surface area (Å²) >= 11 is 0. The van der Waals surface area contributed by atoms with Crippen LogP contribution in [0.1, 0.15) is 182 Å². The Morgan fingerprint density at radius 2 is 0.486 bits per heavy atom. The molecule has 0 saturated heterocycles. The van der Waals surface area contributed by atoms with Crippen molar-refractivity contribution in [2.24, 2.45) is 0 Å². The molecule has 0 unspecified atom stereocenters. The quantitative estimate of drug-likeness (QED) is 0.0667. The predicted molar refractivity (Wildman–Crippen MR) is 167 cm³/mol. The average Bonchev–Trinajstić information content (AvgIpc) is 2.87. The lowest BCUT2D eigenvalue weighted by molar-refractivity contribution is 0.00819. The van der Waals surface area contributed by atoms with Crippen molar-refractivity contribution in [3.05, 3.63) is 0 Å². The summed E-state index contributed by atoms with van der Waals surface area (Å²) in [5.74, 6) is 0. The minimum absolute atomic E-state index is 0.718. The van der Waals surface area contributed by atoms with Gasteiger partial charge in [0.2, 0.25) is 0 Å². The molecule has 0 amide bonds. The zero-order valence-electron chi connectivity index (χ0n) is 26.0. The van der Waals surface area contributed by atoms with Gasteiger partial charge in [-0.15, -0.1) is 0 Å². The molecule has 0 saturated carbocycles. The van der Waals surface area contributed by atoms with Crippen LogP contribution in [-0.2, 0) is 0 Å². The second kappa shape index (κ2) is 32.4. The monoisotopic (exact) mass is 554 g/mol. The summed E-state index contributed by atoms with van der Waals surface area (Å²) in [6, 6.07) is 0. The number of hydrogen-bond acceptors (Lipinski definition) is 0. The van der Waals surface area contributed by atoms with Crippen LogP contribution in [0.5, 0.6) is 0 Å². The van der Waals surface area contributed by atoms with E-state index in [9.17, 15) is 13.2 Å². The van der Waals surface area contributed by atoms with Crippen molar-refractivity contribution in [2.75, 3.05) is 24.6 Å². The van der Waals surface area contributed by atoms with E-state index in [0.717, 1.165) is 0 Å². The summed E-state index contributed by atoms with van der Waals surface area (Å²) in [5.41, 5.74) is 0. The van der Waals surface area contributed by atoms with Gasteiger partial charge in [-0.1, -0.05) is 130 Å². The van der Waals surface area contributed by atoms with Crippen LogP contribution in [-0.4, -0.2) is 31.3 Å². The third kappa shape index (κ3) is 32.3. The lowest BCUT2D eigenvalue weighted by Crippen LogP contribution is -2.13. The highest BCUT2D eigenvalue weighted by Gasteiger charge is 2.34. The average molecular weight is 554 g/mol. The van der Waals surface area contributed by atoms with E-state index >= 15 is 0 Å². The fraction of sp³-hybridized carbons (Fsp3) is 1.00. The van der Waals surface area contributed by atoms with Gasteiger partial charge in [0.1, 0.15) is 0 Å². The molecule has 0 aliphatic rings. The maximum Gasteiger partial charge on any atom is 0.379 e. The van der Waals surface area contributed by atoms with Crippen LogP contribution >= 0.6 is 7.26 Å². The van der Waals surface area contributed by atoms with Crippen LogP contribution in [0.4, 0.5) is 13.2 Å². The molecule has 0 aromatic carbocycles.